The van der Waals surface area contributed by atoms with Crippen molar-refractivity contribution in [2.75, 3.05) is 11.9 Å². The van der Waals surface area contributed by atoms with Crippen LogP contribution in [0.3, 0.4) is 0 Å². The number of amides is 2. The van der Waals surface area contributed by atoms with Gasteiger partial charge >= 0.3 is 6.03 Å². The van der Waals surface area contributed by atoms with Crippen LogP contribution >= 0.6 is 0 Å². The smallest absolute Gasteiger partial charge is 0.319 e. The van der Waals surface area contributed by atoms with Gasteiger partial charge in [0.25, 0.3) is 0 Å². The molecule has 5 nitrogen and oxygen atoms in total. The minimum atomic E-state index is -0.229. The van der Waals surface area contributed by atoms with E-state index in [1.54, 1.807) is 12.4 Å². The summed E-state index contributed by atoms with van der Waals surface area (Å²) in [7, 11) is 0. The zero-order valence-electron chi connectivity index (χ0n) is 10.9. The van der Waals surface area contributed by atoms with Crippen LogP contribution in [0.15, 0.2) is 42.7 Å². The molecule has 1 aromatic heterocycles. The number of anilines is 1. The first-order chi connectivity index (χ1) is 9.81. The van der Waals surface area contributed by atoms with Crippen LogP contribution in [-0.4, -0.2) is 17.6 Å². The molecule has 0 saturated carbocycles. The Kier molecular flexibility index (Phi) is 3.50. The normalized spacial score (nSPS) is 12.4. The maximum Gasteiger partial charge on any atom is 0.319 e. The highest BCUT2D eigenvalue weighted by Gasteiger charge is 2.12. The van der Waals surface area contributed by atoms with E-state index in [0.717, 1.165) is 29.0 Å². The van der Waals surface area contributed by atoms with Gasteiger partial charge in [0.2, 0.25) is 0 Å². The van der Waals surface area contributed by atoms with E-state index in [9.17, 15) is 4.79 Å². The predicted molar refractivity (Wildman–Crippen MR) is 75.7 cm³/mol. The summed E-state index contributed by atoms with van der Waals surface area (Å²) in [4.78, 5) is 15.8. The van der Waals surface area contributed by atoms with Crippen LogP contribution in [0.1, 0.15) is 11.1 Å². The molecule has 102 valence electrons. The molecular formula is C15H15N3O2. The predicted octanol–water partition coefficient (Wildman–Crippen LogP) is 2.34. The lowest BCUT2D eigenvalue weighted by Crippen LogP contribution is -2.28. The maximum absolute atomic E-state index is 11.8. The van der Waals surface area contributed by atoms with Gasteiger partial charge in [-0.2, -0.15) is 0 Å². The second-order valence-electron chi connectivity index (χ2n) is 4.59. The van der Waals surface area contributed by atoms with Crippen LogP contribution in [0.2, 0.25) is 0 Å². The SMILES string of the molecule is O=C(NCc1cccnc1)Nc1ccc2c(c1)CCO2. The van der Waals surface area contributed by atoms with Crippen molar-refractivity contribution in [1.82, 2.24) is 10.3 Å². The highest BCUT2D eigenvalue weighted by Crippen LogP contribution is 2.27. The number of aromatic nitrogens is 1. The topological polar surface area (TPSA) is 63.2 Å². The van der Waals surface area contributed by atoms with E-state index in [-0.39, 0.29) is 6.03 Å². The zero-order valence-corrected chi connectivity index (χ0v) is 10.9. The summed E-state index contributed by atoms with van der Waals surface area (Å²) in [5.41, 5.74) is 2.87. The number of urea groups is 1. The lowest BCUT2D eigenvalue weighted by atomic mass is 10.1. The lowest BCUT2D eigenvalue weighted by Gasteiger charge is -2.08. The third-order valence-electron chi connectivity index (χ3n) is 3.12. The monoisotopic (exact) mass is 269 g/mol. The number of nitrogens with zero attached hydrogens (tertiary/aromatic N) is 1. The molecule has 0 spiro atoms. The van der Waals surface area contributed by atoms with Gasteiger partial charge in [-0.05, 0) is 35.4 Å². The summed E-state index contributed by atoms with van der Waals surface area (Å²) in [5, 5.41) is 5.61. The molecule has 20 heavy (non-hydrogen) atoms. The Hall–Kier alpha value is -2.56. The zero-order chi connectivity index (χ0) is 13.8. The molecule has 3 rings (SSSR count). The van der Waals surface area contributed by atoms with E-state index >= 15 is 0 Å². The summed E-state index contributed by atoms with van der Waals surface area (Å²) in [6.45, 7) is 1.17. The standard InChI is InChI=1S/C15H15N3O2/c19-15(17-10-11-2-1-6-16-9-11)18-13-3-4-14-12(8-13)5-7-20-14/h1-4,6,8-9H,5,7,10H2,(H2,17,18,19). The average molecular weight is 269 g/mol. The van der Waals surface area contributed by atoms with E-state index < -0.39 is 0 Å². The molecule has 0 atom stereocenters. The van der Waals surface area contributed by atoms with Crippen molar-refractivity contribution < 1.29 is 9.53 Å². The Bertz CT molecular complexity index is 614. The molecule has 2 amide bonds. The molecule has 1 aliphatic heterocycles. The van der Waals surface area contributed by atoms with Crippen LogP contribution in [0, 0.1) is 0 Å². The summed E-state index contributed by atoms with van der Waals surface area (Å²) in [5.74, 6) is 0.909. The average Bonchev–Trinajstić information content (AvgIpc) is 2.94. The van der Waals surface area contributed by atoms with Gasteiger partial charge in [0.1, 0.15) is 5.75 Å². The summed E-state index contributed by atoms with van der Waals surface area (Å²) in [6, 6.07) is 9.21. The van der Waals surface area contributed by atoms with Gasteiger partial charge in [-0.25, -0.2) is 4.79 Å². The maximum atomic E-state index is 11.8. The fraction of sp³-hybridized carbons (Fsp3) is 0.200. The number of hydrogen-bond acceptors (Lipinski definition) is 3. The second kappa shape index (κ2) is 5.61. The van der Waals surface area contributed by atoms with Crippen LogP contribution in [0.4, 0.5) is 10.5 Å². The van der Waals surface area contributed by atoms with Crippen LogP contribution in [0.25, 0.3) is 0 Å². The van der Waals surface area contributed by atoms with E-state index in [4.69, 9.17) is 4.74 Å². The van der Waals surface area contributed by atoms with Gasteiger partial charge in [0, 0.05) is 31.0 Å². The molecule has 0 aliphatic carbocycles. The molecule has 1 aliphatic rings. The van der Waals surface area contributed by atoms with Crippen molar-refractivity contribution >= 4 is 11.7 Å². The second-order valence-corrected chi connectivity index (χ2v) is 4.59. The van der Waals surface area contributed by atoms with Gasteiger partial charge in [0.15, 0.2) is 0 Å². The first kappa shape index (κ1) is 12.5. The van der Waals surface area contributed by atoms with Gasteiger partial charge in [-0.15, -0.1) is 0 Å². The Morgan fingerprint density at radius 1 is 1.35 bits per heavy atom. The van der Waals surface area contributed by atoms with E-state index in [1.807, 2.05) is 30.3 Å². The molecule has 1 aromatic carbocycles. The first-order valence-electron chi connectivity index (χ1n) is 6.51. The number of ether oxygens (including phenoxy) is 1. The quantitative estimate of drug-likeness (QED) is 0.899. The van der Waals surface area contributed by atoms with Gasteiger partial charge in [0.05, 0.1) is 6.61 Å². The molecular weight excluding hydrogens is 254 g/mol. The molecule has 5 heteroatoms. The van der Waals surface area contributed by atoms with Crippen molar-refractivity contribution in [3.8, 4) is 5.75 Å². The Morgan fingerprint density at radius 3 is 3.15 bits per heavy atom. The van der Waals surface area contributed by atoms with Gasteiger partial charge < -0.3 is 15.4 Å². The Morgan fingerprint density at radius 2 is 2.30 bits per heavy atom. The van der Waals surface area contributed by atoms with Gasteiger partial charge in [-0.3, -0.25) is 4.98 Å². The number of benzene rings is 1. The summed E-state index contributed by atoms with van der Waals surface area (Å²) in [6.07, 6.45) is 4.32. The number of hydrogen-bond donors (Lipinski definition) is 2. The Balaban J connectivity index is 1.56. The highest BCUT2D eigenvalue weighted by atomic mass is 16.5. The van der Waals surface area contributed by atoms with E-state index in [0.29, 0.717) is 13.2 Å². The van der Waals surface area contributed by atoms with Crippen molar-refractivity contribution in [1.29, 1.82) is 0 Å². The molecule has 2 aromatic rings. The molecule has 2 N–H and O–H groups in total. The van der Waals surface area contributed by atoms with Crippen LogP contribution < -0.4 is 15.4 Å². The Labute approximate surface area is 117 Å². The molecule has 2 heterocycles. The molecule has 0 bridgehead atoms. The molecule has 0 fully saturated rings. The largest absolute Gasteiger partial charge is 0.493 e. The van der Waals surface area contributed by atoms with Gasteiger partial charge in [-0.1, -0.05) is 6.07 Å². The van der Waals surface area contributed by atoms with Crippen LogP contribution in [0.5, 0.6) is 5.75 Å². The van der Waals surface area contributed by atoms with Crippen LogP contribution in [-0.2, 0) is 13.0 Å². The minimum absolute atomic E-state index is 0.229. The summed E-state index contributed by atoms with van der Waals surface area (Å²) >= 11 is 0. The fourth-order valence-corrected chi connectivity index (χ4v) is 2.12. The number of nitrogens with one attached hydrogen (secondary N) is 2. The first-order valence-corrected chi connectivity index (χ1v) is 6.51. The number of pyridine rings is 1. The third kappa shape index (κ3) is 2.88. The fourth-order valence-electron chi connectivity index (χ4n) is 2.12. The number of fused-ring (bicyclic) bond motifs is 1. The minimum Gasteiger partial charge on any atom is -0.493 e. The van der Waals surface area contributed by atoms with Crippen molar-refractivity contribution in [2.45, 2.75) is 13.0 Å². The highest BCUT2D eigenvalue weighted by molar-refractivity contribution is 5.89. The molecule has 0 radical (unpaired) electrons. The molecule has 0 unspecified atom stereocenters. The van der Waals surface area contributed by atoms with Crippen molar-refractivity contribution in [2.24, 2.45) is 0 Å². The van der Waals surface area contributed by atoms with E-state index in [1.165, 1.54) is 0 Å². The van der Waals surface area contributed by atoms with E-state index in [2.05, 4.69) is 15.6 Å². The summed E-state index contributed by atoms with van der Waals surface area (Å²) < 4.78 is 5.43. The van der Waals surface area contributed by atoms with Crippen molar-refractivity contribution in [3.05, 3.63) is 53.9 Å². The lowest BCUT2D eigenvalue weighted by molar-refractivity contribution is 0.251. The third-order valence-corrected chi connectivity index (χ3v) is 3.12. The molecule has 0 saturated heterocycles. The number of carbonyl (C=O) groups excluding carboxylic acids is 1. The number of rotatable bonds is 3. The number of carbonyl (C=O) groups is 1. The van der Waals surface area contributed by atoms with Crippen molar-refractivity contribution in [3.63, 3.8) is 0 Å².